The highest BCUT2D eigenvalue weighted by Crippen LogP contribution is 2.13. The highest BCUT2D eigenvalue weighted by Gasteiger charge is 2.17. The van der Waals surface area contributed by atoms with Gasteiger partial charge in [0.2, 0.25) is 11.8 Å². The van der Waals surface area contributed by atoms with E-state index < -0.39 is 11.2 Å². The lowest BCUT2D eigenvalue weighted by Gasteiger charge is -2.16. The molecule has 0 aliphatic rings. The summed E-state index contributed by atoms with van der Waals surface area (Å²) in [5, 5.41) is 13.5. The molecule has 0 bridgehead atoms. The van der Waals surface area contributed by atoms with Gasteiger partial charge in [-0.1, -0.05) is 0 Å². The van der Waals surface area contributed by atoms with Crippen LogP contribution in [0, 0.1) is 5.82 Å². The maximum Gasteiger partial charge on any atom is 0.303 e. The van der Waals surface area contributed by atoms with Crippen molar-refractivity contribution in [3.05, 3.63) is 30.1 Å². The maximum absolute atomic E-state index is 12.8. The number of benzene rings is 1. The number of nitrogens with one attached hydrogen (secondary N) is 2. The second kappa shape index (κ2) is 9.92. The van der Waals surface area contributed by atoms with Gasteiger partial charge in [-0.05, 0) is 44.5 Å². The van der Waals surface area contributed by atoms with Gasteiger partial charge in [-0.25, -0.2) is 4.39 Å². The first-order chi connectivity index (χ1) is 11.3. The first-order valence-electron chi connectivity index (χ1n) is 7.47. The van der Waals surface area contributed by atoms with Gasteiger partial charge in [0.05, 0.1) is 11.0 Å². The lowest BCUT2D eigenvalue weighted by molar-refractivity contribution is -0.137. The first kappa shape index (κ1) is 20.0. The Morgan fingerprint density at radius 2 is 1.83 bits per heavy atom. The van der Waals surface area contributed by atoms with Gasteiger partial charge in [0.25, 0.3) is 0 Å². The topological polar surface area (TPSA) is 95.5 Å². The van der Waals surface area contributed by atoms with E-state index in [1.54, 1.807) is 13.8 Å². The minimum absolute atomic E-state index is 0.0109. The van der Waals surface area contributed by atoms with Crippen LogP contribution in [0.25, 0.3) is 0 Å². The van der Waals surface area contributed by atoms with Crippen molar-refractivity contribution >= 4 is 35.2 Å². The van der Waals surface area contributed by atoms with E-state index in [9.17, 15) is 18.8 Å². The van der Waals surface area contributed by atoms with Crippen LogP contribution in [0.15, 0.2) is 24.3 Å². The van der Waals surface area contributed by atoms with Crippen molar-refractivity contribution in [3.8, 4) is 0 Å². The first-order valence-corrected chi connectivity index (χ1v) is 8.52. The molecule has 0 spiro atoms. The van der Waals surface area contributed by atoms with E-state index in [0.29, 0.717) is 12.1 Å². The van der Waals surface area contributed by atoms with E-state index in [1.165, 1.54) is 36.0 Å². The molecule has 1 aromatic rings. The normalized spacial score (nSPS) is 13.0. The van der Waals surface area contributed by atoms with E-state index in [1.807, 2.05) is 0 Å². The fraction of sp³-hybridized carbons (Fsp3) is 0.438. The highest BCUT2D eigenvalue weighted by molar-refractivity contribution is 8.01. The van der Waals surface area contributed by atoms with Crippen molar-refractivity contribution in [3.63, 3.8) is 0 Å². The number of aliphatic carboxylic acids is 1. The summed E-state index contributed by atoms with van der Waals surface area (Å²) in [6.07, 6.45) is 0.340. The standard InChI is InChI=1S/C16H21FN2O4S/c1-10(3-8-15(21)22)18-16(23)11(2)24-9-14(20)19-13-6-4-12(17)5-7-13/h4-7,10-11H,3,8-9H2,1-2H3,(H,18,23)(H,19,20)(H,21,22). The van der Waals surface area contributed by atoms with Crippen molar-refractivity contribution in [2.75, 3.05) is 11.1 Å². The van der Waals surface area contributed by atoms with Crippen LogP contribution >= 0.6 is 11.8 Å². The van der Waals surface area contributed by atoms with Crippen molar-refractivity contribution in [2.45, 2.75) is 38.0 Å². The number of carbonyl (C=O) groups excluding carboxylic acids is 2. The molecule has 3 N–H and O–H groups in total. The van der Waals surface area contributed by atoms with E-state index in [4.69, 9.17) is 5.11 Å². The van der Waals surface area contributed by atoms with Gasteiger partial charge in [0, 0.05) is 18.2 Å². The van der Waals surface area contributed by atoms with Crippen LogP contribution in [0.3, 0.4) is 0 Å². The van der Waals surface area contributed by atoms with Crippen LogP contribution in [-0.4, -0.2) is 39.9 Å². The largest absolute Gasteiger partial charge is 0.481 e. The number of carboxylic acids is 1. The highest BCUT2D eigenvalue weighted by atomic mass is 32.2. The summed E-state index contributed by atoms with van der Waals surface area (Å²) < 4.78 is 12.8. The molecule has 0 aromatic heterocycles. The SMILES string of the molecule is CC(CCC(=O)O)NC(=O)C(C)SCC(=O)Nc1ccc(F)cc1. The van der Waals surface area contributed by atoms with E-state index in [2.05, 4.69) is 10.6 Å². The third-order valence-corrected chi connectivity index (χ3v) is 4.28. The molecule has 0 heterocycles. The fourth-order valence-corrected chi connectivity index (χ4v) is 2.47. The number of carboxylic acid groups (broad SMARTS) is 1. The van der Waals surface area contributed by atoms with Crippen LogP contribution in [0.1, 0.15) is 26.7 Å². The molecule has 2 amide bonds. The minimum atomic E-state index is -0.906. The summed E-state index contributed by atoms with van der Waals surface area (Å²) >= 11 is 1.17. The van der Waals surface area contributed by atoms with E-state index in [0.717, 1.165) is 0 Å². The number of anilines is 1. The summed E-state index contributed by atoms with van der Waals surface area (Å²) in [6, 6.07) is 5.16. The zero-order chi connectivity index (χ0) is 18.1. The molecule has 0 saturated heterocycles. The molecule has 0 fully saturated rings. The maximum atomic E-state index is 12.8. The van der Waals surface area contributed by atoms with E-state index >= 15 is 0 Å². The Morgan fingerprint density at radius 3 is 2.42 bits per heavy atom. The van der Waals surface area contributed by atoms with Crippen molar-refractivity contribution in [2.24, 2.45) is 0 Å². The molecule has 24 heavy (non-hydrogen) atoms. The molecular formula is C16H21FN2O4S. The molecule has 1 rings (SSSR count). The van der Waals surface area contributed by atoms with Gasteiger partial charge in [0.1, 0.15) is 5.82 Å². The summed E-state index contributed by atoms with van der Waals surface area (Å²) in [5.74, 6) is -1.74. The van der Waals surface area contributed by atoms with Crippen LogP contribution in [-0.2, 0) is 14.4 Å². The monoisotopic (exact) mass is 356 g/mol. The average Bonchev–Trinajstić information content (AvgIpc) is 2.52. The molecule has 132 valence electrons. The minimum Gasteiger partial charge on any atom is -0.481 e. The Balaban J connectivity index is 2.32. The number of carbonyl (C=O) groups is 3. The van der Waals surface area contributed by atoms with Crippen molar-refractivity contribution in [1.82, 2.24) is 5.32 Å². The van der Waals surface area contributed by atoms with Gasteiger partial charge in [-0.2, -0.15) is 0 Å². The quantitative estimate of drug-likeness (QED) is 0.631. The Bertz CT molecular complexity index is 580. The molecule has 0 radical (unpaired) electrons. The Morgan fingerprint density at radius 1 is 1.21 bits per heavy atom. The number of hydrogen-bond acceptors (Lipinski definition) is 4. The number of hydrogen-bond donors (Lipinski definition) is 3. The smallest absolute Gasteiger partial charge is 0.303 e. The van der Waals surface area contributed by atoms with Gasteiger partial charge in [0.15, 0.2) is 0 Å². The fourth-order valence-electron chi connectivity index (χ4n) is 1.78. The zero-order valence-electron chi connectivity index (χ0n) is 13.5. The predicted molar refractivity (Wildman–Crippen MR) is 91.4 cm³/mol. The molecule has 6 nitrogen and oxygen atoms in total. The molecule has 0 saturated carbocycles. The van der Waals surface area contributed by atoms with Crippen LogP contribution in [0.2, 0.25) is 0 Å². The van der Waals surface area contributed by atoms with E-state index in [-0.39, 0.29) is 35.8 Å². The lowest BCUT2D eigenvalue weighted by Crippen LogP contribution is -2.38. The molecule has 2 unspecified atom stereocenters. The average molecular weight is 356 g/mol. The second-order valence-electron chi connectivity index (χ2n) is 5.35. The molecule has 0 aliphatic heterocycles. The zero-order valence-corrected chi connectivity index (χ0v) is 14.4. The van der Waals surface area contributed by atoms with Gasteiger partial charge in [-0.15, -0.1) is 11.8 Å². The summed E-state index contributed by atoms with van der Waals surface area (Å²) in [7, 11) is 0. The lowest BCUT2D eigenvalue weighted by atomic mass is 10.2. The number of thioether (sulfide) groups is 1. The predicted octanol–water partition coefficient (Wildman–Crippen LogP) is 2.26. The number of halogens is 1. The molecular weight excluding hydrogens is 335 g/mol. The summed E-state index contributed by atoms with van der Waals surface area (Å²) in [4.78, 5) is 34.2. The number of amides is 2. The summed E-state index contributed by atoms with van der Waals surface area (Å²) in [6.45, 7) is 3.41. The van der Waals surface area contributed by atoms with Gasteiger partial charge >= 0.3 is 5.97 Å². The van der Waals surface area contributed by atoms with Gasteiger partial charge in [-0.3, -0.25) is 14.4 Å². The van der Waals surface area contributed by atoms with Crippen LogP contribution in [0.5, 0.6) is 0 Å². The number of rotatable bonds is 9. The Hall–Kier alpha value is -2.09. The molecule has 0 aliphatic carbocycles. The van der Waals surface area contributed by atoms with Crippen molar-refractivity contribution in [1.29, 1.82) is 0 Å². The Labute approximate surface area is 144 Å². The van der Waals surface area contributed by atoms with Crippen LogP contribution < -0.4 is 10.6 Å². The Kier molecular flexibility index (Phi) is 8.25. The molecule has 2 atom stereocenters. The molecule has 8 heteroatoms. The van der Waals surface area contributed by atoms with Crippen LogP contribution in [0.4, 0.5) is 10.1 Å². The molecule has 1 aromatic carbocycles. The summed E-state index contributed by atoms with van der Waals surface area (Å²) in [5.41, 5.74) is 0.487. The third-order valence-electron chi connectivity index (χ3n) is 3.14. The van der Waals surface area contributed by atoms with Crippen molar-refractivity contribution < 1.29 is 23.9 Å². The van der Waals surface area contributed by atoms with Gasteiger partial charge < -0.3 is 15.7 Å². The second-order valence-corrected chi connectivity index (χ2v) is 6.68. The third kappa shape index (κ3) is 7.96.